The van der Waals surface area contributed by atoms with Crippen molar-refractivity contribution in [3.63, 3.8) is 0 Å². The van der Waals surface area contributed by atoms with Gasteiger partial charge in [0.05, 0.1) is 6.54 Å². The molecule has 1 aromatic heterocycles. The van der Waals surface area contributed by atoms with Gasteiger partial charge in [-0.15, -0.1) is 0 Å². The molecule has 0 saturated carbocycles. The molecule has 2 heterocycles. The monoisotopic (exact) mass is 373 g/mol. The first-order valence-electron chi connectivity index (χ1n) is 9.34. The molecule has 0 spiro atoms. The first kappa shape index (κ1) is 19.2. The van der Waals surface area contributed by atoms with E-state index in [1.54, 1.807) is 0 Å². The molecule has 2 aromatic rings. The van der Waals surface area contributed by atoms with Gasteiger partial charge >= 0.3 is 0 Å². The van der Waals surface area contributed by atoms with Crippen LogP contribution in [0, 0.1) is 0 Å². The summed E-state index contributed by atoms with van der Waals surface area (Å²) in [6.45, 7) is 9.72. The number of nitrogens with zero attached hydrogens (tertiary/aromatic N) is 2. The van der Waals surface area contributed by atoms with E-state index in [9.17, 15) is 4.79 Å². The maximum absolute atomic E-state index is 12.2. The van der Waals surface area contributed by atoms with Gasteiger partial charge in [0, 0.05) is 18.6 Å². The second-order valence-corrected chi connectivity index (χ2v) is 7.10. The molecule has 1 aromatic carbocycles. The van der Waals surface area contributed by atoms with Crippen molar-refractivity contribution < 1.29 is 18.7 Å². The standard InChI is InChI=1S/C20H27N3O4/c1-5-14(4)21-20(24)16-11-25-19(22-16)10-23(13(2)3)9-15-6-7-17-18(8-15)27-12-26-17/h6-8,11,13-14H,5,9-10,12H2,1-4H3,(H,21,24). The summed E-state index contributed by atoms with van der Waals surface area (Å²) in [4.78, 5) is 18.7. The fourth-order valence-corrected chi connectivity index (χ4v) is 2.76. The van der Waals surface area contributed by atoms with E-state index >= 15 is 0 Å². The van der Waals surface area contributed by atoms with Crippen LogP contribution in [-0.2, 0) is 13.1 Å². The summed E-state index contributed by atoms with van der Waals surface area (Å²) in [5, 5.41) is 2.90. The van der Waals surface area contributed by atoms with E-state index in [1.165, 1.54) is 6.26 Å². The Kier molecular flexibility index (Phi) is 6.01. The zero-order valence-electron chi connectivity index (χ0n) is 16.3. The Morgan fingerprint density at radius 1 is 1.22 bits per heavy atom. The van der Waals surface area contributed by atoms with Crippen molar-refractivity contribution in [1.29, 1.82) is 0 Å². The molecule has 0 saturated heterocycles. The number of rotatable bonds is 8. The van der Waals surface area contributed by atoms with Crippen molar-refractivity contribution in [2.24, 2.45) is 0 Å². The third kappa shape index (κ3) is 4.80. The third-order valence-corrected chi connectivity index (χ3v) is 4.67. The quantitative estimate of drug-likeness (QED) is 0.765. The van der Waals surface area contributed by atoms with Crippen molar-refractivity contribution in [2.75, 3.05) is 6.79 Å². The molecule has 7 nitrogen and oxygen atoms in total. The van der Waals surface area contributed by atoms with Gasteiger partial charge in [-0.25, -0.2) is 4.98 Å². The Bertz CT molecular complexity index is 787. The van der Waals surface area contributed by atoms with Gasteiger partial charge < -0.3 is 19.2 Å². The van der Waals surface area contributed by atoms with Crippen molar-refractivity contribution in [2.45, 2.75) is 59.3 Å². The molecule has 0 radical (unpaired) electrons. The second kappa shape index (κ2) is 8.43. The number of fused-ring (bicyclic) bond motifs is 1. The van der Waals surface area contributed by atoms with Crippen LogP contribution < -0.4 is 14.8 Å². The molecule has 0 fully saturated rings. The number of carbonyl (C=O) groups is 1. The van der Waals surface area contributed by atoms with Gasteiger partial charge in [0.1, 0.15) is 6.26 Å². The van der Waals surface area contributed by atoms with E-state index in [1.807, 2.05) is 32.0 Å². The zero-order chi connectivity index (χ0) is 19.4. The molecular weight excluding hydrogens is 346 g/mol. The summed E-state index contributed by atoms with van der Waals surface area (Å²) < 4.78 is 16.4. The van der Waals surface area contributed by atoms with Crippen molar-refractivity contribution in [1.82, 2.24) is 15.2 Å². The van der Waals surface area contributed by atoms with Crippen LogP contribution in [0.4, 0.5) is 0 Å². The summed E-state index contributed by atoms with van der Waals surface area (Å²) in [5.74, 6) is 1.88. The van der Waals surface area contributed by atoms with Gasteiger partial charge in [-0.1, -0.05) is 13.0 Å². The second-order valence-electron chi connectivity index (χ2n) is 7.10. The zero-order valence-corrected chi connectivity index (χ0v) is 16.3. The minimum absolute atomic E-state index is 0.107. The highest BCUT2D eigenvalue weighted by molar-refractivity contribution is 5.92. The van der Waals surface area contributed by atoms with E-state index in [2.05, 4.69) is 29.0 Å². The molecule has 146 valence electrons. The molecule has 1 amide bonds. The summed E-state index contributed by atoms with van der Waals surface area (Å²) in [7, 11) is 0. The normalized spacial score (nSPS) is 14.0. The van der Waals surface area contributed by atoms with E-state index in [4.69, 9.17) is 13.9 Å². The predicted molar refractivity (Wildman–Crippen MR) is 101 cm³/mol. The average Bonchev–Trinajstić information content (AvgIpc) is 3.29. The lowest BCUT2D eigenvalue weighted by molar-refractivity contribution is 0.0934. The van der Waals surface area contributed by atoms with Crippen LogP contribution >= 0.6 is 0 Å². The van der Waals surface area contributed by atoms with Gasteiger partial charge in [-0.3, -0.25) is 9.69 Å². The largest absolute Gasteiger partial charge is 0.454 e. The molecule has 1 atom stereocenters. The van der Waals surface area contributed by atoms with Gasteiger partial charge in [0.25, 0.3) is 5.91 Å². The molecule has 3 rings (SSSR count). The van der Waals surface area contributed by atoms with Gasteiger partial charge in [0.15, 0.2) is 17.2 Å². The summed E-state index contributed by atoms with van der Waals surface area (Å²) in [6.07, 6.45) is 2.29. The lowest BCUT2D eigenvalue weighted by Gasteiger charge is -2.25. The number of ether oxygens (including phenoxy) is 2. The molecule has 1 N–H and O–H groups in total. The molecule has 1 unspecified atom stereocenters. The number of aromatic nitrogens is 1. The summed E-state index contributed by atoms with van der Waals surface area (Å²) >= 11 is 0. The minimum Gasteiger partial charge on any atom is -0.454 e. The van der Waals surface area contributed by atoms with Gasteiger partial charge in [-0.05, 0) is 44.9 Å². The van der Waals surface area contributed by atoms with Crippen molar-refractivity contribution >= 4 is 5.91 Å². The maximum atomic E-state index is 12.2. The number of oxazole rings is 1. The van der Waals surface area contributed by atoms with E-state index in [-0.39, 0.29) is 24.8 Å². The van der Waals surface area contributed by atoms with Crippen LogP contribution in [-0.4, -0.2) is 34.7 Å². The molecule has 0 aliphatic carbocycles. The van der Waals surface area contributed by atoms with Crippen LogP contribution in [0.15, 0.2) is 28.9 Å². The third-order valence-electron chi connectivity index (χ3n) is 4.67. The molecule has 27 heavy (non-hydrogen) atoms. The number of benzene rings is 1. The molecule has 7 heteroatoms. The van der Waals surface area contributed by atoms with Crippen LogP contribution in [0.3, 0.4) is 0 Å². The number of hydrogen-bond acceptors (Lipinski definition) is 6. The molecular formula is C20H27N3O4. The van der Waals surface area contributed by atoms with Crippen LogP contribution in [0.5, 0.6) is 11.5 Å². The highest BCUT2D eigenvalue weighted by Gasteiger charge is 2.19. The molecule has 1 aliphatic rings. The van der Waals surface area contributed by atoms with E-state index < -0.39 is 0 Å². The highest BCUT2D eigenvalue weighted by Crippen LogP contribution is 2.33. The first-order valence-corrected chi connectivity index (χ1v) is 9.34. The van der Waals surface area contributed by atoms with Gasteiger partial charge in [-0.2, -0.15) is 0 Å². The SMILES string of the molecule is CCC(C)NC(=O)c1coc(CN(Cc2ccc3c(c2)OCO3)C(C)C)n1. The van der Waals surface area contributed by atoms with Crippen molar-refractivity contribution in [3.8, 4) is 11.5 Å². The first-order chi connectivity index (χ1) is 13.0. The fraction of sp³-hybridized carbons (Fsp3) is 0.500. The topological polar surface area (TPSA) is 76.8 Å². The summed E-state index contributed by atoms with van der Waals surface area (Å²) in [6, 6.07) is 6.34. The minimum atomic E-state index is -0.203. The van der Waals surface area contributed by atoms with Crippen LogP contribution in [0.2, 0.25) is 0 Å². The number of hydrogen-bond donors (Lipinski definition) is 1. The predicted octanol–water partition coefficient (Wildman–Crippen LogP) is 3.34. The van der Waals surface area contributed by atoms with Gasteiger partial charge in [0.2, 0.25) is 12.7 Å². The maximum Gasteiger partial charge on any atom is 0.273 e. The van der Waals surface area contributed by atoms with Crippen LogP contribution in [0.1, 0.15) is 56.1 Å². The number of carbonyl (C=O) groups excluding carboxylic acids is 1. The lowest BCUT2D eigenvalue weighted by Crippen LogP contribution is -2.32. The Labute approximate surface area is 159 Å². The smallest absolute Gasteiger partial charge is 0.273 e. The van der Waals surface area contributed by atoms with E-state index in [0.29, 0.717) is 24.7 Å². The van der Waals surface area contributed by atoms with E-state index in [0.717, 1.165) is 23.5 Å². The lowest BCUT2D eigenvalue weighted by atomic mass is 10.1. The Hall–Kier alpha value is -2.54. The summed E-state index contributed by atoms with van der Waals surface area (Å²) in [5.41, 5.74) is 1.44. The van der Waals surface area contributed by atoms with Crippen molar-refractivity contribution in [3.05, 3.63) is 41.6 Å². The number of amides is 1. The van der Waals surface area contributed by atoms with Crippen LogP contribution in [0.25, 0.3) is 0 Å². The Balaban J connectivity index is 1.65. The highest BCUT2D eigenvalue weighted by atomic mass is 16.7. The molecule has 1 aliphatic heterocycles. The number of nitrogens with one attached hydrogen (secondary N) is 1. The Morgan fingerprint density at radius 2 is 2.00 bits per heavy atom. The fourth-order valence-electron chi connectivity index (χ4n) is 2.76. The average molecular weight is 373 g/mol. The molecule has 0 bridgehead atoms. The Morgan fingerprint density at radius 3 is 2.74 bits per heavy atom.